The van der Waals surface area contributed by atoms with Crippen molar-refractivity contribution in [3.63, 3.8) is 0 Å². The van der Waals surface area contributed by atoms with E-state index in [1.165, 1.54) is 4.90 Å². The lowest BCUT2D eigenvalue weighted by Crippen LogP contribution is -2.29. The summed E-state index contributed by atoms with van der Waals surface area (Å²) < 4.78 is 5.65. The fourth-order valence-electron chi connectivity index (χ4n) is 3.87. The van der Waals surface area contributed by atoms with E-state index in [1.54, 1.807) is 67.0 Å². The van der Waals surface area contributed by atoms with Gasteiger partial charge in [-0.15, -0.1) is 0 Å². The monoisotopic (exact) mass is 462 g/mol. The van der Waals surface area contributed by atoms with Crippen LogP contribution in [0.1, 0.15) is 36.6 Å². The van der Waals surface area contributed by atoms with E-state index in [0.29, 0.717) is 21.9 Å². The Morgan fingerprint density at radius 1 is 1.12 bits per heavy atom. The summed E-state index contributed by atoms with van der Waals surface area (Å²) in [5.41, 5.74) is 1.83. The molecule has 0 spiro atoms. The van der Waals surface area contributed by atoms with Gasteiger partial charge in [-0.25, -0.2) is 0 Å². The standard InChI is InChI=1S/C26H23ClN2O4/c1-16(2)33-21-10-8-18(9-11-21)24(30)22-23(19-6-3-7-20(27)13-19)29(26(32)25(22)31)15-17-5-4-12-28-14-17/h3-14,16,23,30H,15H2,1-2H3/b24-22+/t23-/m1/s1. The van der Waals surface area contributed by atoms with Crippen LogP contribution >= 0.6 is 11.6 Å². The topological polar surface area (TPSA) is 79.7 Å². The van der Waals surface area contributed by atoms with Gasteiger partial charge in [-0.3, -0.25) is 14.6 Å². The number of hydrogen-bond donors (Lipinski definition) is 1. The Balaban J connectivity index is 1.80. The molecule has 0 unspecified atom stereocenters. The SMILES string of the molecule is CC(C)Oc1ccc(/C(O)=C2\C(=O)C(=O)N(Cc3cccnc3)[C@@H]2c2cccc(Cl)c2)cc1. The maximum atomic E-state index is 13.1. The van der Waals surface area contributed by atoms with Gasteiger partial charge in [0.25, 0.3) is 11.7 Å². The van der Waals surface area contributed by atoms with Crippen LogP contribution in [0.4, 0.5) is 0 Å². The first kappa shape index (κ1) is 22.6. The number of likely N-dealkylation sites (tertiary alicyclic amines) is 1. The van der Waals surface area contributed by atoms with E-state index in [2.05, 4.69) is 4.98 Å². The fraction of sp³-hybridized carbons (Fsp3) is 0.192. The van der Waals surface area contributed by atoms with E-state index in [0.717, 1.165) is 5.56 Å². The van der Waals surface area contributed by atoms with Crippen LogP contribution in [0.2, 0.25) is 5.02 Å². The molecule has 33 heavy (non-hydrogen) atoms. The molecule has 0 aliphatic carbocycles. The fourth-order valence-corrected chi connectivity index (χ4v) is 4.07. The maximum absolute atomic E-state index is 13.1. The number of nitrogens with zero attached hydrogens (tertiary/aromatic N) is 2. The summed E-state index contributed by atoms with van der Waals surface area (Å²) in [6.07, 6.45) is 3.28. The van der Waals surface area contributed by atoms with Crippen molar-refractivity contribution in [1.29, 1.82) is 0 Å². The number of aliphatic hydroxyl groups excluding tert-OH is 1. The molecule has 3 aromatic rings. The predicted octanol–water partition coefficient (Wildman–Crippen LogP) is 5.14. The second-order valence-electron chi connectivity index (χ2n) is 8.03. The Morgan fingerprint density at radius 3 is 2.52 bits per heavy atom. The van der Waals surface area contributed by atoms with Crippen LogP contribution in [0.15, 0.2) is 78.6 Å². The van der Waals surface area contributed by atoms with Crippen LogP contribution in [0.5, 0.6) is 5.75 Å². The molecule has 1 fully saturated rings. The lowest BCUT2D eigenvalue weighted by molar-refractivity contribution is -0.140. The molecule has 0 saturated carbocycles. The number of ether oxygens (including phenoxy) is 1. The van der Waals surface area contributed by atoms with Gasteiger partial charge in [0, 0.05) is 29.5 Å². The van der Waals surface area contributed by atoms with Crippen LogP contribution in [-0.2, 0) is 16.1 Å². The van der Waals surface area contributed by atoms with Crippen molar-refractivity contribution in [2.45, 2.75) is 32.5 Å². The molecule has 1 N–H and O–H groups in total. The van der Waals surface area contributed by atoms with Gasteiger partial charge >= 0.3 is 0 Å². The molecule has 2 aromatic carbocycles. The van der Waals surface area contributed by atoms with Gasteiger partial charge in [0.1, 0.15) is 11.5 Å². The molecule has 1 atom stereocenters. The Bertz CT molecular complexity index is 1210. The molecule has 1 aromatic heterocycles. The number of amides is 1. The number of halogens is 1. The Morgan fingerprint density at radius 2 is 1.88 bits per heavy atom. The van der Waals surface area contributed by atoms with Crippen LogP contribution in [0.3, 0.4) is 0 Å². The molecule has 4 rings (SSSR count). The third kappa shape index (κ3) is 4.76. The van der Waals surface area contributed by atoms with Crippen LogP contribution < -0.4 is 4.74 Å². The van der Waals surface area contributed by atoms with Gasteiger partial charge in [-0.05, 0) is 67.4 Å². The lowest BCUT2D eigenvalue weighted by Gasteiger charge is -2.25. The zero-order chi connectivity index (χ0) is 23.5. The van der Waals surface area contributed by atoms with Gasteiger partial charge in [0.05, 0.1) is 17.7 Å². The Kier molecular flexibility index (Phi) is 6.47. The average Bonchev–Trinajstić information content (AvgIpc) is 3.04. The van der Waals surface area contributed by atoms with Crippen molar-refractivity contribution in [3.8, 4) is 5.75 Å². The van der Waals surface area contributed by atoms with E-state index in [9.17, 15) is 14.7 Å². The van der Waals surface area contributed by atoms with E-state index in [1.807, 2.05) is 19.9 Å². The zero-order valence-electron chi connectivity index (χ0n) is 18.2. The van der Waals surface area contributed by atoms with Crippen molar-refractivity contribution in [3.05, 3.63) is 100 Å². The van der Waals surface area contributed by atoms with Gasteiger partial charge < -0.3 is 14.7 Å². The lowest BCUT2D eigenvalue weighted by atomic mass is 9.95. The summed E-state index contributed by atoms with van der Waals surface area (Å²) in [6.45, 7) is 4.00. The van der Waals surface area contributed by atoms with Crippen molar-refractivity contribution in [2.75, 3.05) is 0 Å². The molecule has 0 radical (unpaired) electrons. The molecule has 1 saturated heterocycles. The average molecular weight is 463 g/mol. The largest absolute Gasteiger partial charge is 0.507 e. The number of ketones is 1. The molecule has 1 aliphatic heterocycles. The minimum absolute atomic E-state index is 0.00470. The van der Waals surface area contributed by atoms with Gasteiger partial charge in [-0.2, -0.15) is 0 Å². The summed E-state index contributed by atoms with van der Waals surface area (Å²) >= 11 is 6.22. The number of Topliss-reactive ketones (excluding diaryl/α,β-unsaturated/α-hetero) is 1. The van der Waals surface area contributed by atoms with E-state index in [-0.39, 0.29) is 24.0 Å². The highest BCUT2D eigenvalue weighted by Gasteiger charge is 2.46. The van der Waals surface area contributed by atoms with Crippen molar-refractivity contribution >= 4 is 29.1 Å². The highest BCUT2D eigenvalue weighted by atomic mass is 35.5. The second-order valence-corrected chi connectivity index (χ2v) is 8.47. The first-order valence-corrected chi connectivity index (χ1v) is 10.9. The van der Waals surface area contributed by atoms with Crippen molar-refractivity contribution in [2.24, 2.45) is 0 Å². The molecular formula is C26H23ClN2O4. The molecule has 7 heteroatoms. The molecule has 2 heterocycles. The van der Waals surface area contributed by atoms with Gasteiger partial charge in [0.2, 0.25) is 0 Å². The summed E-state index contributed by atoms with van der Waals surface area (Å²) in [7, 11) is 0. The number of hydrogen-bond acceptors (Lipinski definition) is 5. The predicted molar refractivity (Wildman–Crippen MR) is 126 cm³/mol. The van der Waals surface area contributed by atoms with Crippen molar-refractivity contribution < 1.29 is 19.4 Å². The number of aromatic nitrogens is 1. The van der Waals surface area contributed by atoms with Crippen molar-refractivity contribution in [1.82, 2.24) is 9.88 Å². The maximum Gasteiger partial charge on any atom is 0.295 e. The minimum Gasteiger partial charge on any atom is -0.507 e. The van der Waals surface area contributed by atoms with E-state index < -0.39 is 17.7 Å². The highest BCUT2D eigenvalue weighted by molar-refractivity contribution is 6.46. The van der Waals surface area contributed by atoms with Gasteiger partial charge in [-0.1, -0.05) is 29.8 Å². The number of rotatable bonds is 6. The number of aliphatic hydroxyl groups is 1. The Labute approximate surface area is 197 Å². The van der Waals surface area contributed by atoms with Crippen LogP contribution in [0.25, 0.3) is 5.76 Å². The molecule has 0 bridgehead atoms. The third-order valence-corrected chi connectivity index (χ3v) is 5.51. The molecular weight excluding hydrogens is 440 g/mol. The smallest absolute Gasteiger partial charge is 0.295 e. The number of pyridine rings is 1. The van der Waals surface area contributed by atoms with Gasteiger partial charge in [0.15, 0.2) is 0 Å². The molecule has 1 aliphatic rings. The third-order valence-electron chi connectivity index (χ3n) is 5.28. The Hall–Kier alpha value is -3.64. The number of carbonyl (C=O) groups is 2. The van der Waals surface area contributed by atoms with E-state index in [4.69, 9.17) is 16.3 Å². The van der Waals surface area contributed by atoms with E-state index >= 15 is 0 Å². The van der Waals surface area contributed by atoms with Crippen LogP contribution in [0, 0.1) is 0 Å². The second kappa shape index (κ2) is 9.46. The first-order chi connectivity index (χ1) is 15.8. The number of benzene rings is 2. The normalized spacial score (nSPS) is 17.6. The molecule has 1 amide bonds. The number of carbonyl (C=O) groups excluding carboxylic acids is 2. The quantitative estimate of drug-likeness (QED) is 0.311. The first-order valence-electron chi connectivity index (χ1n) is 10.5. The summed E-state index contributed by atoms with van der Waals surface area (Å²) in [4.78, 5) is 31.7. The minimum atomic E-state index is -0.796. The molecule has 6 nitrogen and oxygen atoms in total. The summed E-state index contributed by atoms with van der Waals surface area (Å²) in [5, 5.41) is 11.6. The summed E-state index contributed by atoms with van der Waals surface area (Å²) in [6, 6.07) is 16.5. The molecule has 168 valence electrons. The van der Waals surface area contributed by atoms with Crippen LogP contribution in [-0.4, -0.2) is 32.8 Å². The highest BCUT2D eigenvalue weighted by Crippen LogP contribution is 2.41. The summed E-state index contributed by atoms with van der Waals surface area (Å²) in [5.74, 6) is -1.04. The zero-order valence-corrected chi connectivity index (χ0v) is 19.0.